The van der Waals surface area contributed by atoms with E-state index in [1.807, 2.05) is 25.1 Å². The van der Waals surface area contributed by atoms with Crippen molar-refractivity contribution in [3.63, 3.8) is 0 Å². The summed E-state index contributed by atoms with van der Waals surface area (Å²) in [4.78, 5) is 0.330. The van der Waals surface area contributed by atoms with Gasteiger partial charge in [-0.1, -0.05) is 44.5 Å². The molecule has 0 saturated heterocycles. The average molecular weight is 324 g/mol. The predicted molar refractivity (Wildman–Crippen MR) is 93.4 cm³/mol. The molecule has 3 nitrogen and oxygen atoms in total. The van der Waals surface area contributed by atoms with Crippen molar-refractivity contribution in [1.29, 1.82) is 0 Å². The Bertz CT molecular complexity index is 568. The molecule has 124 valence electrons. The minimum Gasteiger partial charge on any atom is -0.211 e. The van der Waals surface area contributed by atoms with Crippen LogP contribution in [0.15, 0.2) is 41.8 Å². The van der Waals surface area contributed by atoms with Crippen LogP contribution >= 0.6 is 0 Å². The van der Waals surface area contributed by atoms with Crippen molar-refractivity contribution in [3.05, 3.63) is 42.5 Å². The van der Waals surface area contributed by atoms with Gasteiger partial charge in [0.15, 0.2) is 0 Å². The van der Waals surface area contributed by atoms with E-state index in [-0.39, 0.29) is 5.41 Å². The summed E-state index contributed by atoms with van der Waals surface area (Å²) in [5, 5.41) is 0. The normalized spacial score (nSPS) is 13.8. The SMILES string of the molecule is C=CCCC(CCNS(=O)(=O)c1ccc(C)cc1)C(C)(C)C. The van der Waals surface area contributed by atoms with Gasteiger partial charge in [0.2, 0.25) is 10.0 Å². The molecule has 0 heterocycles. The zero-order valence-corrected chi connectivity index (χ0v) is 15.0. The van der Waals surface area contributed by atoms with Gasteiger partial charge in [-0.2, -0.15) is 0 Å². The van der Waals surface area contributed by atoms with E-state index in [9.17, 15) is 8.42 Å². The van der Waals surface area contributed by atoms with Crippen molar-refractivity contribution >= 4 is 10.0 Å². The summed E-state index contributed by atoms with van der Waals surface area (Å²) in [6.45, 7) is 12.8. The highest BCUT2D eigenvalue weighted by Crippen LogP contribution is 2.32. The summed E-state index contributed by atoms with van der Waals surface area (Å²) in [7, 11) is -3.41. The van der Waals surface area contributed by atoms with E-state index in [0.717, 1.165) is 24.8 Å². The molecule has 1 unspecified atom stereocenters. The topological polar surface area (TPSA) is 46.2 Å². The molecule has 0 saturated carbocycles. The van der Waals surface area contributed by atoms with E-state index in [0.29, 0.717) is 17.4 Å². The summed E-state index contributed by atoms with van der Waals surface area (Å²) >= 11 is 0. The molecular formula is C18H29NO2S. The van der Waals surface area contributed by atoms with Crippen molar-refractivity contribution in [2.45, 2.75) is 51.9 Å². The smallest absolute Gasteiger partial charge is 0.211 e. The molecule has 22 heavy (non-hydrogen) atoms. The maximum absolute atomic E-state index is 12.3. The maximum atomic E-state index is 12.3. The molecular weight excluding hydrogens is 294 g/mol. The van der Waals surface area contributed by atoms with Crippen LogP contribution in [0.2, 0.25) is 0 Å². The van der Waals surface area contributed by atoms with Gasteiger partial charge in [-0.05, 0) is 49.7 Å². The average Bonchev–Trinajstić information content (AvgIpc) is 2.41. The van der Waals surface area contributed by atoms with Crippen LogP contribution in [-0.2, 0) is 10.0 Å². The molecule has 1 N–H and O–H groups in total. The molecule has 4 heteroatoms. The zero-order valence-electron chi connectivity index (χ0n) is 14.2. The molecule has 0 amide bonds. The van der Waals surface area contributed by atoms with Crippen molar-refractivity contribution in [3.8, 4) is 0 Å². The third kappa shape index (κ3) is 5.93. The fraction of sp³-hybridized carbons (Fsp3) is 0.556. The van der Waals surface area contributed by atoms with Gasteiger partial charge in [0.1, 0.15) is 0 Å². The molecule has 1 aromatic carbocycles. The fourth-order valence-electron chi connectivity index (χ4n) is 2.50. The van der Waals surface area contributed by atoms with Gasteiger partial charge >= 0.3 is 0 Å². The first kappa shape index (κ1) is 18.9. The number of benzene rings is 1. The number of hydrogen-bond acceptors (Lipinski definition) is 2. The van der Waals surface area contributed by atoms with Gasteiger partial charge in [0.05, 0.1) is 4.90 Å². The Labute approximate surface area is 135 Å². The molecule has 0 aliphatic carbocycles. The molecule has 1 rings (SSSR count). The predicted octanol–water partition coefficient (Wildman–Crippen LogP) is 4.29. The van der Waals surface area contributed by atoms with Gasteiger partial charge in [-0.15, -0.1) is 6.58 Å². The standard InChI is InChI=1S/C18H29NO2S/c1-6-7-8-16(18(3,4)5)13-14-19-22(20,21)17-11-9-15(2)10-12-17/h6,9-12,16,19H,1,7-8,13-14H2,2-5H3. The molecule has 0 fully saturated rings. The van der Waals surface area contributed by atoms with E-state index in [1.54, 1.807) is 12.1 Å². The van der Waals surface area contributed by atoms with Crippen LogP contribution < -0.4 is 4.72 Å². The molecule has 0 bridgehead atoms. The first-order chi connectivity index (χ1) is 10.2. The fourth-order valence-corrected chi connectivity index (χ4v) is 3.55. The summed E-state index contributed by atoms with van der Waals surface area (Å²) < 4.78 is 27.2. The lowest BCUT2D eigenvalue weighted by Crippen LogP contribution is -2.29. The Morgan fingerprint density at radius 2 is 1.77 bits per heavy atom. The van der Waals surface area contributed by atoms with Crippen LogP contribution in [0.3, 0.4) is 0 Å². The van der Waals surface area contributed by atoms with Gasteiger partial charge in [-0.25, -0.2) is 13.1 Å². The largest absolute Gasteiger partial charge is 0.240 e. The van der Waals surface area contributed by atoms with Gasteiger partial charge in [-0.3, -0.25) is 0 Å². The second kappa shape index (κ2) is 7.93. The monoisotopic (exact) mass is 323 g/mol. The van der Waals surface area contributed by atoms with Crippen LogP contribution in [-0.4, -0.2) is 15.0 Å². The first-order valence-corrected chi connectivity index (χ1v) is 9.32. The molecule has 0 radical (unpaired) electrons. The van der Waals surface area contributed by atoms with E-state index < -0.39 is 10.0 Å². The van der Waals surface area contributed by atoms with Crippen molar-refractivity contribution in [2.24, 2.45) is 11.3 Å². The second-order valence-corrected chi connectivity index (χ2v) is 8.70. The van der Waals surface area contributed by atoms with Crippen LogP contribution in [0.5, 0.6) is 0 Å². The quantitative estimate of drug-likeness (QED) is 0.725. The van der Waals surface area contributed by atoms with Crippen LogP contribution in [0.25, 0.3) is 0 Å². The Kier molecular flexibility index (Phi) is 6.82. The molecule has 1 atom stereocenters. The van der Waals surface area contributed by atoms with Crippen molar-refractivity contribution in [2.75, 3.05) is 6.54 Å². The minimum atomic E-state index is -3.41. The third-order valence-electron chi connectivity index (χ3n) is 4.06. The summed E-state index contributed by atoms with van der Waals surface area (Å²) in [6, 6.07) is 6.93. The minimum absolute atomic E-state index is 0.165. The number of rotatable bonds is 8. The third-order valence-corrected chi connectivity index (χ3v) is 5.54. The highest BCUT2D eigenvalue weighted by molar-refractivity contribution is 7.89. The number of allylic oxidation sites excluding steroid dienone is 1. The lowest BCUT2D eigenvalue weighted by atomic mass is 9.76. The maximum Gasteiger partial charge on any atom is 0.240 e. The Morgan fingerprint density at radius 3 is 2.27 bits per heavy atom. The number of aryl methyl sites for hydroxylation is 1. The van der Waals surface area contributed by atoms with Crippen LogP contribution in [0.1, 0.15) is 45.6 Å². The number of sulfonamides is 1. The summed E-state index contributed by atoms with van der Waals surface area (Å²) in [5.41, 5.74) is 1.22. The Morgan fingerprint density at radius 1 is 1.18 bits per heavy atom. The van der Waals surface area contributed by atoms with Crippen LogP contribution in [0, 0.1) is 18.3 Å². The summed E-state index contributed by atoms with van der Waals surface area (Å²) in [5.74, 6) is 0.464. The lowest BCUT2D eigenvalue weighted by molar-refractivity contribution is 0.214. The number of hydrogen-bond donors (Lipinski definition) is 1. The second-order valence-electron chi connectivity index (χ2n) is 6.93. The number of nitrogens with one attached hydrogen (secondary N) is 1. The Balaban J connectivity index is 2.63. The van der Waals surface area contributed by atoms with Gasteiger partial charge in [0, 0.05) is 6.54 Å². The van der Waals surface area contributed by atoms with E-state index in [2.05, 4.69) is 32.1 Å². The first-order valence-electron chi connectivity index (χ1n) is 7.84. The van der Waals surface area contributed by atoms with E-state index >= 15 is 0 Å². The van der Waals surface area contributed by atoms with Crippen LogP contribution in [0.4, 0.5) is 0 Å². The van der Waals surface area contributed by atoms with E-state index in [1.165, 1.54) is 0 Å². The molecule has 0 aliphatic heterocycles. The lowest BCUT2D eigenvalue weighted by Gasteiger charge is -2.30. The van der Waals surface area contributed by atoms with Gasteiger partial charge < -0.3 is 0 Å². The molecule has 1 aromatic rings. The highest BCUT2D eigenvalue weighted by atomic mass is 32.2. The van der Waals surface area contributed by atoms with E-state index in [4.69, 9.17) is 0 Å². The summed E-state index contributed by atoms with van der Waals surface area (Å²) in [6.07, 6.45) is 4.77. The van der Waals surface area contributed by atoms with Crippen molar-refractivity contribution in [1.82, 2.24) is 4.72 Å². The molecule has 0 aliphatic rings. The molecule has 0 spiro atoms. The zero-order chi connectivity index (χ0) is 16.8. The molecule has 0 aromatic heterocycles. The Hall–Kier alpha value is -1.13. The highest BCUT2D eigenvalue weighted by Gasteiger charge is 2.24. The van der Waals surface area contributed by atoms with Gasteiger partial charge in [0.25, 0.3) is 0 Å². The van der Waals surface area contributed by atoms with Crippen molar-refractivity contribution < 1.29 is 8.42 Å².